The summed E-state index contributed by atoms with van der Waals surface area (Å²) < 4.78 is 0. The molecule has 3 heteroatoms. The maximum absolute atomic E-state index is 12.7. The standard InChI is InChI=1S/C18H15NO.ClH/c1-12-15-10-6-7-11-16(15)19-13(2)17(12)18(20)14-8-4-3-5-9-14;/h3-11H,1-2H3;1H. The van der Waals surface area contributed by atoms with Gasteiger partial charge < -0.3 is 0 Å². The molecule has 0 amide bonds. The number of ketones is 1. The second-order valence-electron chi connectivity index (χ2n) is 4.91. The molecule has 0 fully saturated rings. The number of para-hydroxylation sites is 1. The van der Waals surface area contributed by atoms with Crippen molar-refractivity contribution in [2.45, 2.75) is 13.8 Å². The lowest BCUT2D eigenvalue weighted by Crippen LogP contribution is -2.08. The van der Waals surface area contributed by atoms with Crippen molar-refractivity contribution in [3.8, 4) is 0 Å². The molecule has 3 aromatic rings. The van der Waals surface area contributed by atoms with Crippen LogP contribution in [0.2, 0.25) is 0 Å². The lowest BCUT2D eigenvalue weighted by Gasteiger charge is -2.11. The van der Waals surface area contributed by atoms with Crippen LogP contribution in [-0.4, -0.2) is 10.8 Å². The first-order chi connectivity index (χ1) is 9.68. The zero-order valence-corrected chi connectivity index (χ0v) is 12.8. The Labute approximate surface area is 130 Å². The van der Waals surface area contributed by atoms with Crippen LogP contribution in [0.1, 0.15) is 27.2 Å². The number of rotatable bonds is 2. The normalized spacial score (nSPS) is 10.2. The van der Waals surface area contributed by atoms with E-state index in [0.29, 0.717) is 5.56 Å². The number of pyridine rings is 1. The van der Waals surface area contributed by atoms with Crippen LogP contribution >= 0.6 is 12.4 Å². The number of halogens is 1. The summed E-state index contributed by atoms with van der Waals surface area (Å²) in [5.74, 6) is 0.0406. The Bertz CT molecular complexity index is 797. The summed E-state index contributed by atoms with van der Waals surface area (Å²) in [6.07, 6.45) is 0. The molecule has 0 aliphatic rings. The Morgan fingerprint density at radius 3 is 2.24 bits per heavy atom. The molecule has 0 bridgehead atoms. The van der Waals surface area contributed by atoms with Crippen LogP contribution in [0.5, 0.6) is 0 Å². The first kappa shape index (κ1) is 15.2. The highest BCUT2D eigenvalue weighted by Crippen LogP contribution is 2.24. The van der Waals surface area contributed by atoms with Crippen LogP contribution in [0.15, 0.2) is 54.6 Å². The van der Waals surface area contributed by atoms with E-state index in [0.717, 1.165) is 27.7 Å². The Hall–Kier alpha value is -2.19. The van der Waals surface area contributed by atoms with Gasteiger partial charge in [0.2, 0.25) is 0 Å². The molecule has 0 radical (unpaired) electrons. The van der Waals surface area contributed by atoms with Crippen LogP contribution in [0.4, 0.5) is 0 Å². The fourth-order valence-electron chi connectivity index (χ4n) is 2.60. The van der Waals surface area contributed by atoms with Crippen molar-refractivity contribution in [3.05, 3.63) is 77.0 Å². The molecule has 2 aromatic carbocycles. The third kappa shape index (κ3) is 2.67. The maximum atomic E-state index is 12.7. The highest BCUT2D eigenvalue weighted by Gasteiger charge is 2.17. The van der Waals surface area contributed by atoms with E-state index in [1.165, 1.54) is 0 Å². The van der Waals surface area contributed by atoms with E-state index >= 15 is 0 Å². The number of nitrogens with zero attached hydrogens (tertiary/aromatic N) is 1. The van der Waals surface area contributed by atoms with Gasteiger partial charge in [-0.1, -0.05) is 48.5 Å². The number of hydrogen-bond donors (Lipinski definition) is 0. The third-order valence-electron chi connectivity index (χ3n) is 3.60. The van der Waals surface area contributed by atoms with Crippen molar-refractivity contribution in [1.29, 1.82) is 0 Å². The molecule has 0 aliphatic heterocycles. The van der Waals surface area contributed by atoms with Gasteiger partial charge in [0.1, 0.15) is 0 Å². The number of benzene rings is 2. The lowest BCUT2D eigenvalue weighted by atomic mass is 9.95. The first-order valence-corrected chi connectivity index (χ1v) is 6.64. The minimum Gasteiger partial charge on any atom is -0.289 e. The monoisotopic (exact) mass is 297 g/mol. The molecule has 0 spiro atoms. The fourth-order valence-corrected chi connectivity index (χ4v) is 2.60. The molecule has 2 nitrogen and oxygen atoms in total. The van der Waals surface area contributed by atoms with Gasteiger partial charge in [0, 0.05) is 22.2 Å². The van der Waals surface area contributed by atoms with Gasteiger partial charge in [-0.15, -0.1) is 12.4 Å². The van der Waals surface area contributed by atoms with Gasteiger partial charge in [0.05, 0.1) is 5.52 Å². The second kappa shape index (κ2) is 6.06. The molecule has 3 rings (SSSR count). The van der Waals surface area contributed by atoms with Crippen molar-refractivity contribution in [3.63, 3.8) is 0 Å². The quantitative estimate of drug-likeness (QED) is 0.652. The van der Waals surface area contributed by atoms with Gasteiger partial charge in [-0.2, -0.15) is 0 Å². The number of carbonyl (C=O) groups is 1. The summed E-state index contributed by atoms with van der Waals surface area (Å²) in [5.41, 5.74) is 4.15. The molecule has 0 aliphatic carbocycles. The molecule has 0 atom stereocenters. The van der Waals surface area contributed by atoms with Crippen molar-refractivity contribution < 1.29 is 4.79 Å². The summed E-state index contributed by atoms with van der Waals surface area (Å²) in [7, 11) is 0. The molecule has 1 aromatic heterocycles. The molecular weight excluding hydrogens is 282 g/mol. The minimum absolute atomic E-state index is 0. The van der Waals surface area contributed by atoms with Crippen molar-refractivity contribution in [1.82, 2.24) is 4.98 Å². The van der Waals surface area contributed by atoms with E-state index < -0.39 is 0 Å². The molecule has 106 valence electrons. The van der Waals surface area contributed by atoms with Crippen molar-refractivity contribution >= 4 is 29.1 Å². The van der Waals surface area contributed by atoms with Gasteiger partial charge in [-0.25, -0.2) is 0 Å². The third-order valence-corrected chi connectivity index (χ3v) is 3.60. The first-order valence-electron chi connectivity index (χ1n) is 6.64. The topological polar surface area (TPSA) is 30.0 Å². The van der Waals surface area contributed by atoms with Gasteiger partial charge in [0.15, 0.2) is 5.78 Å². The SMILES string of the molecule is Cc1nc2ccccc2c(C)c1C(=O)c1ccccc1.Cl. The predicted molar refractivity (Wildman–Crippen MR) is 88.3 cm³/mol. The highest BCUT2D eigenvalue weighted by atomic mass is 35.5. The average molecular weight is 298 g/mol. The Morgan fingerprint density at radius 1 is 0.905 bits per heavy atom. The molecule has 0 saturated carbocycles. The highest BCUT2D eigenvalue weighted by molar-refractivity contribution is 6.12. The fraction of sp³-hybridized carbons (Fsp3) is 0.111. The Balaban J connectivity index is 0.00000161. The lowest BCUT2D eigenvalue weighted by molar-refractivity contribution is 0.103. The van der Waals surface area contributed by atoms with E-state index in [1.807, 2.05) is 68.4 Å². The number of aromatic nitrogens is 1. The summed E-state index contributed by atoms with van der Waals surface area (Å²) in [6.45, 7) is 3.89. The summed E-state index contributed by atoms with van der Waals surface area (Å²) in [6, 6.07) is 17.3. The van der Waals surface area contributed by atoms with Crippen LogP contribution in [-0.2, 0) is 0 Å². The van der Waals surface area contributed by atoms with E-state index in [4.69, 9.17) is 0 Å². The number of hydrogen-bond acceptors (Lipinski definition) is 2. The molecule has 1 heterocycles. The molecule has 0 unspecified atom stereocenters. The van der Waals surface area contributed by atoms with Crippen molar-refractivity contribution in [2.75, 3.05) is 0 Å². The zero-order valence-electron chi connectivity index (χ0n) is 12.0. The van der Waals surface area contributed by atoms with Gasteiger partial charge in [0.25, 0.3) is 0 Å². The van der Waals surface area contributed by atoms with Crippen molar-refractivity contribution in [2.24, 2.45) is 0 Å². The predicted octanol–water partition coefficient (Wildman–Crippen LogP) is 4.50. The average Bonchev–Trinajstić information content (AvgIpc) is 2.48. The molecule has 21 heavy (non-hydrogen) atoms. The number of fused-ring (bicyclic) bond motifs is 1. The van der Waals surface area contributed by atoms with Gasteiger partial charge in [-0.3, -0.25) is 9.78 Å². The van der Waals surface area contributed by atoms with Crippen LogP contribution in [0.3, 0.4) is 0 Å². The number of carbonyl (C=O) groups excluding carboxylic acids is 1. The van der Waals surface area contributed by atoms with Crippen LogP contribution in [0, 0.1) is 13.8 Å². The van der Waals surface area contributed by atoms with E-state index in [-0.39, 0.29) is 18.2 Å². The van der Waals surface area contributed by atoms with Gasteiger partial charge in [-0.05, 0) is 25.5 Å². The molecular formula is C18H16ClNO. The largest absolute Gasteiger partial charge is 0.289 e. The van der Waals surface area contributed by atoms with E-state index in [1.54, 1.807) is 0 Å². The van der Waals surface area contributed by atoms with Gasteiger partial charge >= 0.3 is 0 Å². The maximum Gasteiger partial charge on any atom is 0.195 e. The Kier molecular flexibility index (Phi) is 4.39. The molecule has 0 saturated heterocycles. The summed E-state index contributed by atoms with van der Waals surface area (Å²) in [4.78, 5) is 17.3. The van der Waals surface area contributed by atoms with Crippen LogP contribution in [0.25, 0.3) is 10.9 Å². The van der Waals surface area contributed by atoms with E-state index in [9.17, 15) is 4.79 Å². The summed E-state index contributed by atoms with van der Waals surface area (Å²) in [5, 5.41) is 1.04. The number of aryl methyl sites for hydroxylation is 2. The zero-order chi connectivity index (χ0) is 14.1. The Morgan fingerprint density at radius 2 is 1.52 bits per heavy atom. The summed E-state index contributed by atoms with van der Waals surface area (Å²) >= 11 is 0. The minimum atomic E-state index is 0. The second-order valence-corrected chi connectivity index (χ2v) is 4.91. The van der Waals surface area contributed by atoms with Crippen LogP contribution < -0.4 is 0 Å². The van der Waals surface area contributed by atoms with E-state index in [2.05, 4.69) is 4.98 Å². The smallest absolute Gasteiger partial charge is 0.195 e. The molecule has 0 N–H and O–H groups in total.